The Hall–Kier alpha value is -1.92. The number of nitrogens with zero attached hydrogens (tertiary/aromatic N) is 2. The highest BCUT2D eigenvalue weighted by Crippen LogP contribution is 2.43. The zero-order valence-corrected chi connectivity index (χ0v) is 15.1. The fourth-order valence-electron chi connectivity index (χ4n) is 4.26. The molecule has 3 heterocycles. The molecule has 2 N–H and O–H groups in total. The topological polar surface area (TPSA) is 61.0 Å². The van der Waals surface area contributed by atoms with E-state index >= 15 is 0 Å². The molecule has 0 bridgehead atoms. The quantitative estimate of drug-likeness (QED) is 0.861. The minimum atomic E-state index is -0.259. The molecule has 3 atom stereocenters. The molecule has 2 fully saturated rings. The van der Waals surface area contributed by atoms with Crippen molar-refractivity contribution in [2.75, 3.05) is 19.6 Å². The molecule has 0 unspecified atom stereocenters. The van der Waals surface area contributed by atoms with Gasteiger partial charge in [0.25, 0.3) is 5.91 Å². The van der Waals surface area contributed by atoms with Gasteiger partial charge in [-0.05, 0) is 37.5 Å². The van der Waals surface area contributed by atoms with Crippen LogP contribution >= 0.6 is 12.4 Å². The van der Waals surface area contributed by atoms with Crippen molar-refractivity contribution in [2.45, 2.75) is 19.9 Å². The van der Waals surface area contributed by atoms with Crippen molar-refractivity contribution in [1.82, 2.24) is 20.4 Å². The van der Waals surface area contributed by atoms with E-state index in [0.717, 1.165) is 24.3 Å². The van der Waals surface area contributed by atoms with Crippen LogP contribution in [-0.4, -0.2) is 40.6 Å². The third-order valence-electron chi connectivity index (χ3n) is 5.36. The minimum Gasteiger partial charge on any atom is -0.331 e. The second kappa shape index (κ2) is 6.77. The summed E-state index contributed by atoms with van der Waals surface area (Å²) in [5.74, 6) is 0.463. The van der Waals surface area contributed by atoms with Crippen LogP contribution in [0.25, 0.3) is 0 Å². The van der Waals surface area contributed by atoms with Crippen molar-refractivity contribution >= 4 is 18.3 Å². The molecule has 134 valence electrons. The molecule has 0 aliphatic carbocycles. The number of H-pyrrole nitrogens is 1. The van der Waals surface area contributed by atoms with Crippen LogP contribution in [0, 0.1) is 31.5 Å². The van der Waals surface area contributed by atoms with Crippen molar-refractivity contribution < 1.29 is 9.18 Å². The monoisotopic (exact) mass is 364 g/mol. The number of amides is 1. The maximum atomic E-state index is 13.8. The van der Waals surface area contributed by atoms with Gasteiger partial charge < -0.3 is 10.2 Å². The van der Waals surface area contributed by atoms with Crippen molar-refractivity contribution in [3.05, 3.63) is 52.6 Å². The molecule has 0 saturated carbocycles. The lowest BCUT2D eigenvalue weighted by Crippen LogP contribution is -2.35. The number of hydrogen-bond donors (Lipinski definition) is 2. The normalized spacial score (nSPS) is 24.9. The van der Waals surface area contributed by atoms with Crippen LogP contribution in [0.5, 0.6) is 0 Å². The number of carbonyl (C=O) groups is 1. The molecule has 2 aliphatic heterocycles. The van der Waals surface area contributed by atoms with Crippen LogP contribution in [0.3, 0.4) is 0 Å². The molecule has 1 aromatic carbocycles. The standard InChI is InChI=1S/C18H21FN4O.ClH/c1-10-16(11(2)22-21-10)18(24)23-9-13-7-20-8-15(13)17(23)12-4-3-5-14(19)6-12;/h3-6,13,15,17,20H,7-9H2,1-2H3,(H,21,22);1H/t13-,15-,17-;/m0./s1. The Balaban J connectivity index is 0.00000182. The lowest BCUT2D eigenvalue weighted by atomic mass is 9.89. The number of carbonyl (C=O) groups excluding carboxylic acids is 1. The zero-order chi connectivity index (χ0) is 16.8. The highest BCUT2D eigenvalue weighted by atomic mass is 35.5. The van der Waals surface area contributed by atoms with Gasteiger partial charge in [-0.15, -0.1) is 12.4 Å². The van der Waals surface area contributed by atoms with Gasteiger partial charge in [0.15, 0.2) is 0 Å². The van der Waals surface area contributed by atoms with Gasteiger partial charge in [0.2, 0.25) is 0 Å². The second-order valence-corrected chi connectivity index (χ2v) is 6.85. The summed E-state index contributed by atoms with van der Waals surface area (Å²) < 4.78 is 13.8. The van der Waals surface area contributed by atoms with Gasteiger partial charge >= 0.3 is 0 Å². The largest absolute Gasteiger partial charge is 0.331 e. The molecular weight excluding hydrogens is 343 g/mol. The summed E-state index contributed by atoms with van der Waals surface area (Å²) in [6.07, 6.45) is 0. The summed E-state index contributed by atoms with van der Waals surface area (Å²) >= 11 is 0. The molecule has 2 aromatic rings. The van der Waals surface area contributed by atoms with Crippen molar-refractivity contribution in [3.8, 4) is 0 Å². The van der Waals surface area contributed by atoms with Gasteiger partial charge in [-0.1, -0.05) is 12.1 Å². The average molecular weight is 365 g/mol. The fourth-order valence-corrected chi connectivity index (χ4v) is 4.26. The first-order valence-electron chi connectivity index (χ1n) is 8.35. The third-order valence-corrected chi connectivity index (χ3v) is 5.36. The number of likely N-dealkylation sites (tertiary alicyclic amines) is 1. The first-order chi connectivity index (χ1) is 11.6. The number of aromatic nitrogens is 2. The van der Waals surface area contributed by atoms with Crippen LogP contribution in [0.15, 0.2) is 24.3 Å². The number of rotatable bonds is 2. The van der Waals surface area contributed by atoms with Gasteiger partial charge in [0.05, 0.1) is 17.3 Å². The Morgan fingerprint density at radius 3 is 2.80 bits per heavy atom. The third kappa shape index (κ3) is 2.93. The predicted octanol–water partition coefficient (Wildman–Crippen LogP) is 2.62. The highest BCUT2D eigenvalue weighted by Gasteiger charge is 2.47. The number of hydrogen-bond acceptors (Lipinski definition) is 3. The first-order valence-corrected chi connectivity index (χ1v) is 8.35. The van der Waals surface area contributed by atoms with E-state index in [2.05, 4.69) is 15.5 Å². The predicted molar refractivity (Wildman–Crippen MR) is 95.3 cm³/mol. The maximum Gasteiger partial charge on any atom is 0.258 e. The number of nitrogens with one attached hydrogen (secondary N) is 2. The fraction of sp³-hybridized carbons (Fsp3) is 0.444. The minimum absolute atomic E-state index is 0. The van der Waals surface area contributed by atoms with Crippen molar-refractivity contribution in [1.29, 1.82) is 0 Å². The van der Waals surface area contributed by atoms with E-state index in [1.54, 1.807) is 12.1 Å². The van der Waals surface area contributed by atoms with E-state index in [-0.39, 0.29) is 30.2 Å². The Kier molecular flexibility index (Phi) is 4.84. The van der Waals surface area contributed by atoms with E-state index in [4.69, 9.17) is 0 Å². The average Bonchev–Trinajstić information content (AvgIpc) is 3.21. The van der Waals surface area contributed by atoms with Gasteiger partial charge in [0.1, 0.15) is 5.82 Å². The number of fused-ring (bicyclic) bond motifs is 1. The number of aromatic amines is 1. The van der Waals surface area contributed by atoms with Gasteiger partial charge in [-0.3, -0.25) is 9.89 Å². The molecule has 0 spiro atoms. The van der Waals surface area contributed by atoms with Crippen LogP contribution in [-0.2, 0) is 0 Å². The Labute approximate surface area is 152 Å². The molecule has 0 radical (unpaired) electrons. The molecular formula is C18H22ClFN4O. The number of benzene rings is 1. The first kappa shape index (κ1) is 17.9. The van der Waals surface area contributed by atoms with Crippen molar-refractivity contribution in [2.24, 2.45) is 11.8 Å². The van der Waals surface area contributed by atoms with Crippen LogP contribution in [0.2, 0.25) is 0 Å². The van der Waals surface area contributed by atoms with E-state index in [1.165, 1.54) is 6.07 Å². The molecule has 4 rings (SSSR count). The summed E-state index contributed by atoms with van der Waals surface area (Å²) in [5.41, 5.74) is 3.01. The molecule has 1 amide bonds. The zero-order valence-electron chi connectivity index (χ0n) is 14.3. The molecule has 1 aromatic heterocycles. The molecule has 2 saturated heterocycles. The van der Waals surface area contributed by atoms with E-state index in [1.807, 2.05) is 24.8 Å². The summed E-state index contributed by atoms with van der Waals surface area (Å²) in [5, 5.41) is 10.4. The SMILES string of the molecule is Cc1n[nH]c(C)c1C(=O)N1C[C@@H]2CNC[C@@H]2[C@@H]1c1cccc(F)c1.Cl. The van der Waals surface area contributed by atoms with Gasteiger partial charge in [-0.2, -0.15) is 5.10 Å². The Morgan fingerprint density at radius 1 is 1.32 bits per heavy atom. The summed E-state index contributed by atoms with van der Waals surface area (Å²) in [6.45, 7) is 6.17. The summed E-state index contributed by atoms with van der Waals surface area (Å²) in [6, 6.07) is 6.54. The Bertz CT molecular complexity index is 774. The van der Waals surface area contributed by atoms with Crippen LogP contribution in [0.4, 0.5) is 4.39 Å². The Morgan fingerprint density at radius 2 is 2.12 bits per heavy atom. The number of aryl methyl sites for hydroxylation is 2. The molecule has 2 aliphatic rings. The number of halogens is 2. The smallest absolute Gasteiger partial charge is 0.258 e. The lowest BCUT2D eigenvalue weighted by Gasteiger charge is -2.28. The van der Waals surface area contributed by atoms with E-state index < -0.39 is 0 Å². The van der Waals surface area contributed by atoms with E-state index in [9.17, 15) is 9.18 Å². The van der Waals surface area contributed by atoms with Gasteiger partial charge in [-0.25, -0.2) is 4.39 Å². The van der Waals surface area contributed by atoms with Crippen LogP contribution in [0.1, 0.15) is 33.4 Å². The molecule has 5 nitrogen and oxygen atoms in total. The summed E-state index contributed by atoms with van der Waals surface area (Å²) in [4.78, 5) is 15.1. The van der Waals surface area contributed by atoms with E-state index in [0.29, 0.717) is 29.6 Å². The van der Waals surface area contributed by atoms with Gasteiger partial charge in [0, 0.05) is 31.2 Å². The molecule has 7 heteroatoms. The maximum absolute atomic E-state index is 13.8. The highest BCUT2D eigenvalue weighted by molar-refractivity contribution is 5.96. The summed E-state index contributed by atoms with van der Waals surface area (Å²) in [7, 11) is 0. The lowest BCUT2D eigenvalue weighted by molar-refractivity contribution is 0.0712. The van der Waals surface area contributed by atoms with Crippen molar-refractivity contribution in [3.63, 3.8) is 0 Å². The second-order valence-electron chi connectivity index (χ2n) is 6.85. The van der Waals surface area contributed by atoms with Crippen LogP contribution < -0.4 is 5.32 Å². The molecule has 25 heavy (non-hydrogen) atoms.